The molecule has 3 aliphatic rings. The Bertz CT molecular complexity index is 829. The number of rotatable bonds is 6. The lowest BCUT2D eigenvalue weighted by Gasteiger charge is -2.39. The van der Waals surface area contributed by atoms with Gasteiger partial charge in [-0.3, -0.25) is 9.88 Å². The van der Waals surface area contributed by atoms with E-state index in [1.165, 1.54) is 80.5 Å². The van der Waals surface area contributed by atoms with Crippen molar-refractivity contribution in [2.75, 3.05) is 26.2 Å². The van der Waals surface area contributed by atoms with Gasteiger partial charge in [0.25, 0.3) is 0 Å². The third kappa shape index (κ3) is 4.61. The van der Waals surface area contributed by atoms with E-state index in [4.69, 9.17) is 4.98 Å². The largest absolute Gasteiger partial charge is 0.316 e. The summed E-state index contributed by atoms with van der Waals surface area (Å²) in [5.74, 6) is 0.827. The summed E-state index contributed by atoms with van der Waals surface area (Å²) in [7, 11) is 0. The first kappa shape index (κ1) is 20.2. The monoisotopic (exact) mass is 404 g/mol. The zero-order valence-electron chi connectivity index (χ0n) is 18.2. The molecule has 0 bridgehead atoms. The van der Waals surface area contributed by atoms with Gasteiger partial charge in [0, 0.05) is 25.3 Å². The maximum atomic E-state index is 4.87. The molecule has 5 rings (SSSR count). The number of aryl methyl sites for hydroxylation is 1. The number of hydrogen-bond acceptors (Lipinski definition) is 4. The minimum absolute atomic E-state index is 0.477. The second-order valence-corrected chi connectivity index (χ2v) is 9.50. The molecule has 1 aliphatic carbocycles. The maximum absolute atomic E-state index is 4.87. The fourth-order valence-electron chi connectivity index (χ4n) is 5.77. The van der Waals surface area contributed by atoms with Crippen LogP contribution in [0, 0.1) is 5.92 Å². The van der Waals surface area contributed by atoms with Crippen molar-refractivity contribution in [1.29, 1.82) is 0 Å². The van der Waals surface area contributed by atoms with Gasteiger partial charge in [-0.05, 0) is 93.3 Å². The highest BCUT2D eigenvalue weighted by Gasteiger charge is 2.30. The zero-order chi connectivity index (χ0) is 20.2. The lowest BCUT2D eigenvalue weighted by atomic mass is 9.89. The first-order valence-corrected chi connectivity index (χ1v) is 12.1. The summed E-state index contributed by atoms with van der Waals surface area (Å²) in [5, 5.41) is 7.44. The molecule has 0 amide bonds. The molecule has 4 heteroatoms. The summed E-state index contributed by atoms with van der Waals surface area (Å²) in [6.45, 7) is 5.71. The van der Waals surface area contributed by atoms with Crippen LogP contribution in [0.15, 0.2) is 42.6 Å². The highest BCUT2D eigenvalue weighted by Crippen LogP contribution is 2.34. The minimum Gasteiger partial charge on any atom is -0.316 e. The molecule has 0 radical (unpaired) electrons. The molecular formula is C26H36N4. The van der Waals surface area contributed by atoms with Gasteiger partial charge in [-0.15, -0.1) is 0 Å². The van der Waals surface area contributed by atoms with Crippen LogP contribution < -0.4 is 10.6 Å². The summed E-state index contributed by atoms with van der Waals surface area (Å²) in [5.41, 5.74) is 5.82. The summed E-state index contributed by atoms with van der Waals surface area (Å²) < 4.78 is 0. The molecule has 4 nitrogen and oxygen atoms in total. The van der Waals surface area contributed by atoms with Crippen LogP contribution in [0.2, 0.25) is 0 Å². The van der Waals surface area contributed by atoms with Crippen LogP contribution in [0.1, 0.15) is 60.5 Å². The van der Waals surface area contributed by atoms with Crippen molar-refractivity contribution in [1.82, 2.24) is 20.5 Å². The van der Waals surface area contributed by atoms with Gasteiger partial charge in [0.1, 0.15) is 0 Å². The van der Waals surface area contributed by atoms with Gasteiger partial charge < -0.3 is 10.6 Å². The molecular weight excluding hydrogens is 368 g/mol. The number of aromatic nitrogens is 1. The van der Waals surface area contributed by atoms with Crippen molar-refractivity contribution in [3.63, 3.8) is 0 Å². The van der Waals surface area contributed by atoms with Gasteiger partial charge in [0.15, 0.2) is 0 Å². The van der Waals surface area contributed by atoms with Gasteiger partial charge in [-0.25, -0.2) is 0 Å². The van der Waals surface area contributed by atoms with Crippen LogP contribution in [0.3, 0.4) is 0 Å². The lowest BCUT2D eigenvalue weighted by molar-refractivity contribution is 0.140. The molecule has 1 saturated heterocycles. The van der Waals surface area contributed by atoms with Crippen LogP contribution in [-0.2, 0) is 19.4 Å². The second-order valence-electron chi connectivity index (χ2n) is 9.50. The molecule has 30 heavy (non-hydrogen) atoms. The van der Waals surface area contributed by atoms with Crippen molar-refractivity contribution in [3.05, 3.63) is 65.0 Å². The molecule has 0 unspecified atom stereocenters. The Balaban J connectivity index is 1.32. The van der Waals surface area contributed by atoms with E-state index in [9.17, 15) is 0 Å². The van der Waals surface area contributed by atoms with Gasteiger partial charge in [-0.2, -0.15) is 0 Å². The first-order chi connectivity index (χ1) is 14.9. The van der Waals surface area contributed by atoms with E-state index in [1.54, 1.807) is 0 Å². The summed E-state index contributed by atoms with van der Waals surface area (Å²) in [6.07, 6.45) is 10.9. The van der Waals surface area contributed by atoms with Crippen molar-refractivity contribution >= 4 is 0 Å². The maximum Gasteiger partial charge on any atom is 0.0607 e. The number of pyridine rings is 1. The van der Waals surface area contributed by atoms with E-state index < -0.39 is 0 Å². The predicted molar refractivity (Wildman–Crippen MR) is 122 cm³/mol. The highest BCUT2D eigenvalue weighted by molar-refractivity contribution is 5.30. The van der Waals surface area contributed by atoms with E-state index in [1.807, 2.05) is 6.20 Å². The summed E-state index contributed by atoms with van der Waals surface area (Å²) in [6, 6.07) is 14.4. The highest BCUT2D eigenvalue weighted by atomic mass is 15.2. The molecule has 160 valence electrons. The number of benzene rings is 1. The SMILES string of the molecule is c1ccc2c(c1)CN[C@@H](CN(CC[C@H]1CCCNC1)[C@H]1CCCc3cccnc31)C2. The number of piperidine rings is 1. The van der Waals surface area contributed by atoms with E-state index >= 15 is 0 Å². The third-order valence-electron chi connectivity index (χ3n) is 7.45. The molecule has 1 aromatic carbocycles. The molecule has 3 atom stereocenters. The summed E-state index contributed by atoms with van der Waals surface area (Å²) >= 11 is 0. The fourth-order valence-corrected chi connectivity index (χ4v) is 5.77. The van der Waals surface area contributed by atoms with Crippen molar-refractivity contribution in [3.8, 4) is 0 Å². The van der Waals surface area contributed by atoms with E-state index in [0.29, 0.717) is 12.1 Å². The summed E-state index contributed by atoms with van der Waals surface area (Å²) in [4.78, 5) is 7.65. The molecule has 1 aromatic heterocycles. The average molecular weight is 405 g/mol. The first-order valence-electron chi connectivity index (χ1n) is 12.1. The van der Waals surface area contributed by atoms with Crippen molar-refractivity contribution in [2.45, 2.75) is 63.6 Å². The quantitative estimate of drug-likeness (QED) is 0.767. The van der Waals surface area contributed by atoms with Crippen LogP contribution in [-0.4, -0.2) is 42.1 Å². The smallest absolute Gasteiger partial charge is 0.0607 e. The average Bonchev–Trinajstić information content (AvgIpc) is 2.82. The Kier molecular flexibility index (Phi) is 6.45. The molecule has 2 aliphatic heterocycles. The van der Waals surface area contributed by atoms with Gasteiger partial charge in [0.2, 0.25) is 0 Å². The molecule has 0 spiro atoms. The Morgan fingerprint density at radius 1 is 1.00 bits per heavy atom. The van der Waals surface area contributed by atoms with E-state index in [-0.39, 0.29) is 0 Å². The topological polar surface area (TPSA) is 40.2 Å². The zero-order valence-corrected chi connectivity index (χ0v) is 18.2. The molecule has 0 saturated carbocycles. The minimum atomic E-state index is 0.477. The number of nitrogens with zero attached hydrogens (tertiary/aromatic N) is 2. The molecule has 1 fully saturated rings. The predicted octanol–water partition coefficient (Wildman–Crippen LogP) is 3.87. The van der Waals surface area contributed by atoms with Crippen LogP contribution in [0.25, 0.3) is 0 Å². The van der Waals surface area contributed by atoms with Crippen LogP contribution in [0.4, 0.5) is 0 Å². The Labute approximate surface area is 181 Å². The van der Waals surface area contributed by atoms with E-state index in [2.05, 4.69) is 51.9 Å². The Hall–Kier alpha value is -1.75. The van der Waals surface area contributed by atoms with Gasteiger partial charge in [-0.1, -0.05) is 30.3 Å². The molecule has 2 N–H and O–H groups in total. The van der Waals surface area contributed by atoms with Crippen LogP contribution >= 0.6 is 0 Å². The normalized spacial score (nSPS) is 26.2. The Morgan fingerprint density at radius 2 is 1.90 bits per heavy atom. The number of nitrogens with one attached hydrogen (secondary N) is 2. The second kappa shape index (κ2) is 9.59. The lowest BCUT2D eigenvalue weighted by Crippen LogP contribution is -2.47. The number of fused-ring (bicyclic) bond motifs is 2. The molecule has 2 aromatic rings. The third-order valence-corrected chi connectivity index (χ3v) is 7.45. The van der Waals surface area contributed by atoms with Gasteiger partial charge in [0.05, 0.1) is 11.7 Å². The Morgan fingerprint density at radius 3 is 2.80 bits per heavy atom. The van der Waals surface area contributed by atoms with Crippen LogP contribution in [0.5, 0.6) is 0 Å². The number of hydrogen-bond donors (Lipinski definition) is 2. The fraction of sp³-hybridized carbons (Fsp3) is 0.577. The van der Waals surface area contributed by atoms with Crippen molar-refractivity contribution < 1.29 is 0 Å². The standard InChI is InChI=1S/C26H36N4/c1-2-8-23-18-29-24(16-22(23)7-1)19-30(15-12-20-6-4-13-27-17-20)25-11-3-9-21-10-5-14-28-26(21)25/h1-2,5,7-8,10,14,20,24-25,27,29H,3-4,6,9,11-13,15-19H2/t20-,24-,25+/m1/s1. The van der Waals surface area contributed by atoms with E-state index in [0.717, 1.165) is 25.4 Å². The molecule has 3 heterocycles. The van der Waals surface area contributed by atoms with Gasteiger partial charge >= 0.3 is 0 Å². The van der Waals surface area contributed by atoms with Crippen molar-refractivity contribution in [2.24, 2.45) is 5.92 Å².